The maximum absolute atomic E-state index is 9.57. The van der Waals surface area contributed by atoms with E-state index in [0.717, 1.165) is 56.9 Å². The molecule has 2 aromatic carbocycles. The van der Waals surface area contributed by atoms with E-state index in [9.17, 15) is 5.26 Å². The van der Waals surface area contributed by atoms with E-state index in [0.29, 0.717) is 17.7 Å². The number of nitriles is 1. The van der Waals surface area contributed by atoms with Gasteiger partial charge < -0.3 is 29.7 Å². The van der Waals surface area contributed by atoms with Crippen molar-refractivity contribution in [2.75, 3.05) is 62.7 Å². The molecule has 3 fully saturated rings. The molecule has 0 aliphatic carbocycles. The van der Waals surface area contributed by atoms with Gasteiger partial charge in [0.25, 0.3) is 0 Å². The van der Waals surface area contributed by atoms with Crippen LogP contribution in [0.2, 0.25) is 0 Å². The van der Waals surface area contributed by atoms with Crippen LogP contribution in [-0.4, -0.2) is 87.2 Å². The maximum Gasteiger partial charge on any atom is 0.119 e. The Kier molecular flexibility index (Phi) is 6.12. The summed E-state index contributed by atoms with van der Waals surface area (Å²) in [4.78, 5) is 11.4. The van der Waals surface area contributed by atoms with Crippen LogP contribution in [0.5, 0.6) is 0 Å². The third-order valence-electron chi connectivity index (χ3n) is 8.96. The number of rotatable bonds is 5. The second-order valence-electron chi connectivity index (χ2n) is 11.7. The molecule has 40 heavy (non-hydrogen) atoms. The smallest absolute Gasteiger partial charge is 0.119 e. The summed E-state index contributed by atoms with van der Waals surface area (Å²) in [5, 5.41) is 10.5. The van der Waals surface area contributed by atoms with E-state index in [2.05, 4.69) is 50.9 Å². The topological polar surface area (TPSA) is 100 Å². The number of hydrogen-bond donors (Lipinski definition) is 1. The van der Waals surface area contributed by atoms with Crippen LogP contribution in [0.15, 0.2) is 48.6 Å². The highest BCUT2D eigenvalue weighted by Gasteiger charge is 2.50. The fourth-order valence-electron chi connectivity index (χ4n) is 7.06. The summed E-state index contributed by atoms with van der Waals surface area (Å²) in [6.07, 6.45) is 0.339. The van der Waals surface area contributed by atoms with Crippen molar-refractivity contribution in [3.63, 3.8) is 0 Å². The van der Waals surface area contributed by atoms with Crippen molar-refractivity contribution in [3.05, 3.63) is 65.3 Å². The lowest BCUT2D eigenvalue weighted by atomic mass is 9.85. The van der Waals surface area contributed by atoms with E-state index in [1.165, 1.54) is 16.8 Å². The Morgan fingerprint density at radius 2 is 2.05 bits per heavy atom. The van der Waals surface area contributed by atoms with Gasteiger partial charge in [0, 0.05) is 75.9 Å². The van der Waals surface area contributed by atoms with Gasteiger partial charge in [0.2, 0.25) is 0 Å². The summed E-state index contributed by atoms with van der Waals surface area (Å²) in [5.74, 6) is 0. The predicted molar refractivity (Wildman–Crippen MR) is 153 cm³/mol. The lowest BCUT2D eigenvalue weighted by Gasteiger charge is -2.50. The third-order valence-corrected chi connectivity index (χ3v) is 8.96. The Labute approximate surface area is 236 Å². The van der Waals surface area contributed by atoms with E-state index in [-0.39, 0.29) is 36.1 Å². The molecule has 5 heterocycles. The number of anilines is 2. The number of methoxy groups -OCH3 is 1. The molecule has 3 aromatic rings. The van der Waals surface area contributed by atoms with Gasteiger partial charge >= 0.3 is 0 Å². The first-order valence-corrected chi connectivity index (χ1v) is 14.1. The van der Waals surface area contributed by atoms with Crippen LogP contribution >= 0.6 is 0 Å². The summed E-state index contributed by atoms with van der Waals surface area (Å²) < 4.78 is 26.3. The normalized spacial score (nSPS) is 28.0. The summed E-state index contributed by atoms with van der Waals surface area (Å²) in [6.45, 7) is 8.39. The molecule has 7 rings (SSSR count). The van der Waals surface area contributed by atoms with Crippen LogP contribution < -0.4 is 15.5 Å². The molecule has 4 aliphatic heterocycles. The minimum absolute atomic E-state index is 0.0279. The first-order chi connectivity index (χ1) is 19.9. The quantitative estimate of drug-likeness (QED) is 0.522. The van der Waals surface area contributed by atoms with E-state index in [1.54, 1.807) is 13.2 Å². The van der Waals surface area contributed by atoms with Crippen molar-refractivity contribution in [2.24, 2.45) is 5.73 Å². The van der Waals surface area contributed by atoms with Gasteiger partial charge in [-0.3, -0.25) is 9.88 Å². The van der Waals surface area contributed by atoms with Crippen molar-refractivity contribution < 1.29 is 15.6 Å². The molecular weight excluding hydrogens is 504 g/mol. The molecule has 9 nitrogen and oxygen atoms in total. The SMILES string of the molecule is [2H]c1ccc2c(N3C[C@H](CN4CC5(C4)OCc4cc(N6C[C@@H](N)[C@H](OC)C6)ccc45)O[C@H](C)C3)ccc(C#N)c2n1. The zero-order valence-electron chi connectivity index (χ0n) is 24.0. The minimum atomic E-state index is -0.243. The number of aromatic nitrogens is 1. The molecule has 0 saturated carbocycles. The molecule has 0 unspecified atom stereocenters. The highest BCUT2D eigenvalue weighted by molar-refractivity contribution is 5.95. The second-order valence-corrected chi connectivity index (χ2v) is 11.7. The molecule has 0 amide bonds. The number of nitrogens with two attached hydrogens (primary N) is 1. The molecule has 208 valence electrons. The van der Waals surface area contributed by atoms with Crippen LogP contribution in [-0.2, 0) is 26.4 Å². The van der Waals surface area contributed by atoms with E-state index < -0.39 is 0 Å². The molecule has 0 bridgehead atoms. The van der Waals surface area contributed by atoms with Crippen molar-refractivity contribution in [3.8, 4) is 6.07 Å². The monoisotopic (exact) mass is 541 g/mol. The average Bonchev–Trinajstić information content (AvgIpc) is 3.52. The van der Waals surface area contributed by atoms with Crippen molar-refractivity contribution in [1.82, 2.24) is 9.88 Å². The lowest BCUT2D eigenvalue weighted by Crippen LogP contribution is -2.62. The van der Waals surface area contributed by atoms with Gasteiger partial charge in [-0.25, -0.2) is 0 Å². The number of hydrogen-bond acceptors (Lipinski definition) is 9. The summed E-state index contributed by atoms with van der Waals surface area (Å²) >= 11 is 0. The molecule has 1 aromatic heterocycles. The standard InChI is InChI=1S/C31H36N6O3/c1-20-12-37(28-8-5-21(11-32)30-25(28)4-3-9-34-30)14-24(40-20)13-35-18-31(19-35)26-7-6-23(10-22(26)17-39-31)36-15-27(33)29(16-36)38-2/h3-10,20,24,27,29H,12-19,33H2,1-2H3/t20-,24+,27-,29-/m1/s1/i9D. The number of nitrogens with zero attached hydrogens (tertiary/aromatic N) is 5. The molecule has 4 atom stereocenters. The zero-order valence-corrected chi connectivity index (χ0v) is 23.0. The molecule has 9 heteroatoms. The van der Waals surface area contributed by atoms with Gasteiger partial charge in [-0.15, -0.1) is 0 Å². The number of pyridine rings is 1. The van der Waals surface area contributed by atoms with E-state index >= 15 is 0 Å². The first-order valence-electron chi connectivity index (χ1n) is 14.6. The van der Waals surface area contributed by atoms with Gasteiger partial charge in [0.15, 0.2) is 0 Å². The van der Waals surface area contributed by atoms with Crippen LogP contribution in [0, 0.1) is 11.3 Å². The van der Waals surface area contributed by atoms with E-state index in [4.69, 9.17) is 21.3 Å². The van der Waals surface area contributed by atoms with Gasteiger partial charge in [-0.05, 0) is 54.4 Å². The van der Waals surface area contributed by atoms with Crippen LogP contribution in [0.3, 0.4) is 0 Å². The first kappa shape index (κ1) is 24.5. The largest absolute Gasteiger partial charge is 0.378 e. The van der Waals surface area contributed by atoms with Crippen molar-refractivity contribution in [1.29, 1.82) is 5.26 Å². The van der Waals surface area contributed by atoms with Crippen LogP contribution in [0.4, 0.5) is 11.4 Å². The fourth-order valence-corrected chi connectivity index (χ4v) is 7.06. The molecule has 3 saturated heterocycles. The molecule has 0 radical (unpaired) electrons. The van der Waals surface area contributed by atoms with Crippen molar-refractivity contribution in [2.45, 2.75) is 43.5 Å². The fraction of sp³-hybridized carbons (Fsp3) is 0.484. The number of morpholine rings is 1. The van der Waals surface area contributed by atoms with Gasteiger partial charge in [-0.2, -0.15) is 5.26 Å². The molecular formula is C31H36N6O3. The highest BCUT2D eigenvalue weighted by Crippen LogP contribution is 2.45. The molecule has 4 aliphatic rings. The Hall–Kier alpha value is -3.26. The summed E-state index contributed by atoms with van der Waals surface area (Å²) in [5.41, 5.74) is 11.9. The Morgan fingerprint density at radius 1 is 1.18 bits per heavy atom. The zero-order chi connectivity index (χ0) is 28.3. The Morgan fingerprint density at radius 3 is 2.85 bits per heavy atom. The second kappa shape index (κ2) is 9.98. The maximum atomic E-state index is 9.57. The van der Waals surface area contributed by atoms with Crippen molar-refractivity contribution >= 4 is 22.3 Å². The highest BCUT2D eigenvalue weighted by atomic mass is 16.5. The Balaban J connectivity index is 1.03. The number of likely N-dealkylation sites (tertiary alicyclic amines) is 1. The number of fused-ring (bicyclic) bond motifs is 3. The van der Waals surface area contributed by atoms with Gasteiger partial charge in [-0.1, -0.05) is 6.07 Å². The third kappa shape index (κ3) is 4.31. The van der Waals surface area contributed by atoms with E-state index in [1.807, 2.05) is 18.2 Å². The van der Waals surface area contributed by atoms with Gasteiger partial charge in [0.1, 0.15) is 11.7 Å². The number of benzene rings is 2. The molecule has 1 spiro atoms. The number of ether oxygens (including phenoxy) is 3. The average molecular weight is 542 g/mol. The summed E-state index contributed by atoms with van der Waals surface area (Å²) in [6, 6.07) is 16.4. The molecule has 2 N–H and O–H groups in total. The lowest BCUT2D eigenvalue weighted by molar-refractivity contribution is -0.155. The predicted octanol–water partition coefficient (Wildman–Crippen LogP) is 2.60. The summed E-state index contributed by atoms with van der Waals surface area (Å²) in [7, 11) is 1.73. The van der Waals surface area contributed by atoms with Crippen LogP contribution in [0.1, 0.15) is 25.0 Å². The Bertz CT molecular complexity index is 1520. The minimum Gasteiger partial charge on any atom is -0.378 e. The van der Waals surface area contributed by atoms with Crippen LogP contribution in [0.25, 0.3) is 10.9 Å². The van der Waals surface area contributed by atoms with Gasteiger partial charge in [0.05, 0.1) is 43.4 Å².